The Morgan fingerprint density at radius 1 is 1.20 bits per heavy atom. The van der Waals surface area contributed by atoms with Crippen LogP contribution in [0.4, 0.5) is 0 Å². The third-order valence-electron chi connectivity index (χ3n) is 2.51. The van der Waals surface area contributed by atoms with E-state index in [9.17, 15) is 4.79 Å². The van der Waals surface area contributed by atoms with Gasteiger partial charge in [0, 0.05) is 6.54 Å². The lowest BCUT2D eigenvalue weighted by Crippen LogP contribution is -2.36. The number of benzene rings is 1. The van der Waals surface area contributed by atoms with Crippen molar-refractivity contribution in [2.24, 2.45) is 10.7 Å². The maximum atomic E-state index is 11.7. The minimum atomic E-state index is -0.212. The first kappa shape index (κ1) is 16.2. The van der Waals surface area contributed by atoms with Crippen molar-refractivity contribution in [2.45, 2.75) is 6.42 Å². The molecule has 0 saturated heterocycles. The average Bonchev–Trinajstić information content (AvgIpc) is 2.94. The summed E-state index contributed by atoms with van der Waals surface area (Å²) in [6.45, 7) is 0.556. The second-order valence-corrected chi connectivity index (χ2v) is 4.88. The number of halogens is 1. The molecule has 0 unspecified atom stereocenters. The summed E-state index contributed by atoms with van der Waals surface area (Å²) in [6.07, 6.45) is 0.802. The van der Waals surface area contributed by atoms with Crippen LogP contribution in [0.15, 0.2) is 52.8 Å². The van der Waals surface area contributed by atoms with Crippen molar-refractivity contribution in [3.63, 3.8) is 0 Å². The number of hydrogen-bond donors (Lipinski definition) is 2. The standard InChI is InChI=1S/C14H15N3OS.ClH/c15-14(17-13(18)12-7-4-10-19-12)16-9-8-11-5-2-1-3-6-11;/h1-7,10H,8-9H2,(H3,15,16,17,18);1H. The number of guanidine groups is 1. The number of carbonyl (C=O) groups excluding carboxylic acids is 1. The molecule has 1 amide bonds. The molecule has 1 aromatic carbocycles. The molecule has 0 aliphatic rings. The van der Waals surface area contributed by atoms with Gasteiger partial charge in [0.25, 0.3) is 5.91 Å². The fourth-order valence-corrected chi connectivity index (χ4v) is 2.19. The summed E-state index contributed by atoms with van der Waals surface area (Å²) in [5, 5.41) is 4.41. The smallest absolute Gasteiger partial charge is 0.268 e. The van der Waals surface area contributed by atoms with Crippen molar-refractivity contribution < 1.29 is 4.79 Å². The van der Waals surface area contributed by atoms with Crippen molar-refractivity contribution in [1.29, 1.82) is 0 Å². The fraction of sp³-hybridized carbons (Fsp3) is 0.143. The van der Waals surface area contributed by atoms with Crippen LogP contribution in [0.5, 0.6) is 0 Å². The van der Waals surface area contributed by atoms with Crippen LogP contribution < -0.4 is 11.1 Å². The molecular weight excluding hydrogens is 294 g/mol. The van der Waals surface area contributed by atoms with Crippen molar-refractivity contribution >= 4 is 35.6 Å². The van der Waals surface area contributed by atoms with Crippen LogP contribution in [0.1, 0.15) is 15.2 Å². The molecule has 2 aromatic rings. The minimum Gasteiger partial charge on any atom is -0.370 e. The summed E-state index contributed by atoms with van der Waals surface area (Å²) in [6, 6.07) is 13.6. The van der Waals surface area contributed by atoms with Crippen LogP contribution in [0, 0.1) is 0 Å². The highest BCUT2D eigenvalue weighted by Crippen LogP contribution is 2.07. The normalized spacial score (nSPS) is 10.7. The number of nitrogens with two attached hydrogens (primary N) is 1. The monoisotopic (exact) mass is 309 g/mol. The van der Waals surface area contributed by atoms with Crippen LogP contribution in [-0.2, 0) is 6.42 Å². The summed E-state index contributed by atoms with van der Waals surface area (Å²) in [7, 11) is 0. The molecule has 0 atom stereocenters. The van der Waals surface area contributed by atoms with Gasteiger partial charge < -0.3 is 5.73 Å². The average molecular weight is 310 g/mol. The number of aliphatic imine (C=N–C) groups is 1. The Balaban J connectivity index is 0.00000200. The minimum absolute atomic E-state index is 0. The van der Waals surface area contributed by atoms with E-state index in [0.29, 0.717) is 11.4 Å². The fourth-order valence-electron chi connectivity index (χ4n) is 1.58. The molecular formula is C14H16ClN3OS. The molecule has 106 valence electrons. The van der Waals surface area contributed by atoms with E-state index >= 15 is 0 Å². The van der Waals surface area contributed by atoms with Crippen LogP contribution in [-0.4, -0.2) is 18.4 Å². The van der Waals surface area contributed by atoms with Gasteiger partial charge in [-0.3, -0.25) is 15.1 Å². The summed E-state index contributed by atoms with van der Waals surface area (Å²) >= 11 is 1.37. The van der Waals surface area contributed by atoms with Gasteiger partial charge in [-0.2, -0.15) is 0 Å². The largest absolute Gasteiger partial charge is 0.370 e. The first-order valence-electron chi connectivity index (χ1n) is 5.94. The predicted molar refractivity (Wildman–Crippen MR) is 85.7 cm³/mol. The maximum absolute atomic E-state index is 11.7. The van der Waals surface area contributed by atoms with Crippen molar-refractivity contribution in [3.8, 4) is 0 Å². The number of amides is 1. The van der Waals surface area contributed by atoms with E-state index in [-0.39, 0.29) is 24.3 Å². The molecule has 0 radical (unpaired) electrons. The Labute approximate surface area is 128 Å². The van der Waals surface area contributed by atoms with E-state index in [1.54, 1.807) is 6.07 Å². The third kappa shape index (κ3) is 5.03. The molecule has 1 heterocycles. The second-order valence-electron chi connectivity index (χ2n) is 3.93. The van der Waals surface area contributed by atoms with Gasteiger partial charge in [-0.05, 0) is 23.4 Å². The third-order valence-corrected chi connectivity index (χ3v) is 3.38. The number of nitrogens with one attached hydrogen (secondary N) is 1. The van der Waals surface area contributed by atoms with E-state index in [1.807, 2.05) is 41.8 Å². The molecule has 6 heteroatoms. The quantitative estimate of drug-likeness (QED) is 0.673. The van der Waals surface area contributed by atoms with Gasteiger partial charge in [0.1, 0.15) is 0 Å². The van der Waals surface area contributed by atoms with Crippen molar-refractivity contribution in [2.75, 3.05) is 6.54 Å². The van der Waals surface area contributed by atoms with Crippen LogP contribution >= 0.6 is 23.7 Å². The lowest BCUT2D eigenvalue weighted by Gasteiger charge is -2.03. The molecule has 20 heavy (non-hydrogen) atoms. The predicted octanol–water partition coefficient (Wildman–Crippen LogP) is 2.46. The lowest BCUT2D eigenvalue weighted by atomic mass is 10.2. The summed E-state index contributed by atoms with van der Waals surface area (Å²) in [5.74, 6) is -0.0507. The maximum Gasteiger partial charge on any atom is 0.268 e. The van der Waals surface area contributed by atoms with Crippen LogP contribution in [0.3, 0.4) is 0 Å². The van der Waals surface area contributed by atoms with E-state index in [1.165, 1.54) is 16.9 Å². The Morgan fingerprint density at radius 2 is 1.95 bits per heavy atom. The number of carbonyl (C=O) groups is 1. The highest BCUT2D eigenvalue weighted by Gasteiger charge is 2.06. The Bertz CT molecular complexity index is 555. The zero-order valence-corrected chi connectivity index (χ0v) is 12.4. The van der Waals surface area contributed by atoms with Gasteiger partial charge in [0.2, 0.25) is 0 Å². The first-order chi connectivity index (χ1) is 9.25. The number of thiophene rings is 1. The molecule has 4 nitrogen and oxygen atoms in total. The molecule has 0 spiro atoms. The molecule has 3 N–H and O–H groups in total. The number of hydrogen-bond acceptors (Lipinski definition) is 3. The second kappa shape index (κ2) is 8.35. The summed E-state index contributed by atoms with van der Waals surface area (Å²) < 4.78 is 0. The topological polar surface area (TPSA) is 67.5 Å². The van der Waals surface area contributed by atoms with E-state index < -0.39 is 0 Å². The molecule has 0 bridgehead atoms. The van der Waals surface area contributed by atoms with Crippen LogP contribution in [0.2, 0.25) is 0 Å². The molecule has 2 rings (SSSR count). The van der Waals surface area contributed by atoms with Gasteiger partial charge in [-0.25, -0.2) is 0 Å². The van der Waals surface area contributed by atoms with Crippen molar-refractivity contribution in [3.05, 3.63) is 58.3 Å². The Morgan fingerprint density at radius 3 is 2.60 bits per heavy atom. The van der Waals surface area contributed by atoms with Crippen LogP contribution in [0.25, 0.3) is 0 Å². The Hall–Kier alpha value is -1.85. The molecule has 0 aliphatic heterocycles. The van der Waals surface area contributed by atoms with Crippen molar-refractivity contribution in [1.82, 2.24) is 5.32 Å². The highest BCUT2D eigenvalue weighted by atomic mass is 35.5. The van der Waals surface area contributed by atoms with E-state index in [2.05, 4.69) is 10.3 Å². The van der Waals surface area contributed by atoms with Gasteiger partial charge in [0.05, 0.1) is 4.88 Å². The number of nitrogens with zero attached hydrogens (tertiary/aromatic N) is 1. The van der Waals surface area contributed by atoms with Gasteiger partial charge in [-0.15, -0.1) is 23.7 Å². The molecule has 1 aromatic heterocycles. The molecule has 0 fully saturated rings. The Kier molecular flexibility index (Phi) is 6.76. The SMILES string of the molecule is Cl.NC(=NCCc1ccccc1)NC(=O)c1cccs1. The summed E-state index contributed by atoms with van der Waals surface area (Å²) in [5.41, 5.74) is 6.87. The summed E-state index contributed by atoms with van der Waals surface area (Å²) in [4.78, 5) is 16.5. The zero-order valence-electron chi connectivity index (χ0n) is 10.8. The van der Waals surface area contributed by atoms with Gasteiger partial charge >= 0.3 is 0 Å². The first-order valence-corrected chi connectivity index (χ1v) is 6.82. The van der Waals surface area contributed by atoms with Gasteiger partial charge in [0.15, 0.2) is 5.96 Å². The molecule has 0 saturated carbocycles. The zero-order chi connectivity index (χ0) is 13.5. The molecule has 0 aliphatic carbocycles. The van der Waals surface area contributed by atoms with E-state index in [0.717, 1.165) is 6.42 Å². The highest BCUT2D eigenvalue weighted by molar-refractivity contribution is 7.12. The number of rotatable bonds is 4. The lowest BCUT2D eigenvalue weighted by molar-refractivity contribution is 0.0980. The van der Waals surface area contributed by atoms with E-state index in [4.69, 9.17) is 5.73 Å². The van der Waals surface area contributed by atoms with Gasteiger partial charge in [-0.1, -0.05) is 36.4 Å².